The van der Waals surface area contributed by atoms with Crippen LogP contribution in [0.15, 0.2) is 17.0 Å². The van der Waals surface area contributed by atoms with Crippen LogP contribution in [0.25, 0.3) is 0 Å². The predicted octanol–water partition coefficient (Wildman–Crippen LogP) is 2.20. The second-order valence-corrected chi connectivity index (χ2v) is 5.11. The molecule has 0 saturated carbocycles. The summed E-state index contributed by atoms with van der Waals surface area (Å²) >= 11 is 11.1. The number of sulfone groups is 1. The van der Waals surface area contributed by atoms with E-state index in [0.717, 1.165) is 6.26 Å². The number of halogens is 2. The molecule has 0 saturated heterocycles. The molecule has 5 heteroatoms. The summed E-state index contributed by atoms with van der Waals surface area (Å²) in [6, 6.07) is 5.22. The molecule has 65 valence electrons. The average Bonchev–Trinajstić information content (AvgIpc) is 1.82. The fraction of sp³-hybridized carbons (Fsp3) is 0.143. The molecular formula is C7H5Cl2O2S. The largest absolute Gasteiger partial charge is 0.224 e. The molecule has 0 spiro atoms. The van der Waals surface area contributed by atoms with Gasteiger partial charge in [0, 0.05) is 17.3 Å². The molecule has 2 nitrogen and oxygen atoms in total. The number of hydrogen-bond acceptors (Lipinski definition) is 2. The number of benzene rings is 1. The van der Waals surface area contributed by atoms with Gasteiger partial charge in [0.1, 0.15) is 0 Å². The maximum absolute atomic E-state index is 11.0. The van der Waals surface area contributed by atoms with E-state index in [4.69, 9.17) is 23.2 Å². The molecule has 0 heterocycles. The maximum atomic E-state index is 11.0. The van der Waals surface area contributed by atoms with Gasteiger partial charge in [0.2, 0.25) is 0 Å². The van der Waals surface area contributed by atoms with Crippen molar-refractivity contribution in [3.05, 3.63) is 28.2 Å². The molecule has 12 heavy (non-hydrogen) atoms. The lowest BCUT2D eigenvalue weighted by Gasteiger charge is -1.98. The van der Waals surface area contributed by atoms with Crippen molar-refractivity contribution in [2.24, 2.45) is 0 Å². The lowest BCUT2D eigenvalue weighted by Crippen LogP contribution is -1.96. The van der Waals surface area contributed by atoms with Crippen molar-refractivity contribution in [1.82, 2.24) is 0 Å². The Hall–Kier alpha value is -0.250. The van der Waals surface area contributed by atoms with Crippen LogP contribution >= 0.6 is 23.2 Å². The average molecular weight is 224 g/mol. The Morgan fingerprint density at radius 1 is 1.33 bits per heavy atom. The standard InChI is InChI=1S/C7H5Cl2O2S/c1-12(10,11)7-3-5(8)2-6(9)4-7/h2-3H,1H3. The van der Waals surface area contributed by atoms with Gasteiger partial charge >= 0.3 is 0 Å². The summed E-state index contributed by atoms with van der Waals surface area (Å²) in [4.78, 5) is 0.0139. The Morgan fingerprint density at radius 2 is 1.92 bits per heavy atom. The summed E-state index contributed by atoms with van der Waals surface area (Å²) in [6.45, 7) is 0. The third-order valence-electron chi connectivity index (χ3n) is 1.18. The predicted molar refractivity (Wildman–Crippen MR) is 48.4 cm³/mol. The fourth-order valence-electron chi connectivity index (χ4n) is 0.678. The fourth-order valence-corrected chi connectivity index (χ4v) is 1.93. The molecule has 0 N–H and O–H groups in total. The highest BCUT2D eigenvalue weighted by atomic mass is 35.5. The van der Waals surface area contributed by atoms with Gasteiger partial charge in [0.25, 0.3) is 0 Å². The van der Waals surface area contributed by atoms with E-state index in [0.29, 0.717) is 5.02 Å². The summed E-state index contributed by atoms with van der Waals surface area (Å²) in [5.41, 5.74) is 0. The van der Waals surface area contributed by atoms with Crippen LogP contribution < -0.4 is 0 Å². The second kappa shape index (κ2) is 3.24. The topological polar surface area (TPSA) is 34.1 Å². The number of hydrogen-bond donors (Lipinski definition) is 0. The van der Waals surface area contributed by atoms with Crippen molar-refractivity contribution in [2.75, 3.05) is 6.26 Å². The van der Waals surface area contributed by atoms with Crippen molar-refractivity contribution in [1.29, 1.82) is 0 Å². The van der Waals surface area contributed by atoms with Crippen LogP contribution in [0.3, 0.4) is 0 Å². The summed E-state index contributed by atoms with van der Waals surface area (Å²) in [7, 11) is -3.27. The third kappa shape index (κ3) is 2.37. The van der Waals surface area contributed by atoms with Crippen molar-refractivity contribution >= 4 is 33.0 Å². The lowest BCUT2D eigenvalue weighted by atomic mass is 10.4. The molecule has 1 aromatic carbocycles. The molecule has 0 atom stereocenters. The van der Waals surface area contributed by atoms with E-state index in [2.05, 4.69) is 6.07 Å². The first-order chi connectivity index (χ1) is 5.39. The first kappa shape index (κ1) is 9.84. The van der Waals surface area contributed by atoms with Crippen molar-refractivity contribution in [3.8, 4) is 0 Å². The molecule has 0 amide bonds. The first-order valence-corrected chi connectivity index (χ1v) is 5.63. The summed E-state index contributed by atoms with van der Waals surface area (Å²) in [5.74, 6) is 0. The van der Waals surface area contributed by atoms with E-state index in [1.165, 1.54) is 12.1 Å². The quantitative estimate of drug-likeness (QED) is 0.732. The monoisotopic (exact) mass is 223 g/mol. The van der Waals surface area contributed by atoms with Crippen LogP contribution in [0.4, 0.5) is 0 Å². The Labute approximate surface area is 81.0 Å². The molecule has 0 unspecified atom stereocenters. The van der Waals surface area contributed by atoms with Gasteiger partial charge < -0.3 is 0 Å². The molecular weight excluding hydrogens is 219 g/mol. The van der Waals surface area contributed by atoms with Crippen LogP contribution in [0.1, 0.15) is 0 Å². The van der Waals surface area contributed by atoms with E-state index in [1.54, 1.807) is 0 Å². The van der Waals surface area contributed by atoms with E-state index in [9.17, 15) is 8.42 Å². The van der Waals surface area contributed by atoms with Gasteiger partial charge in [-0.3, -0.25) is 0 Å². The van der Waals surface area contributed by atoms with Gasteiger partial charge in [-0.25, -0.2) is 8.42 Å². The van der Waals surface area contributed by atoms with Crippen molar-refractivity contribution in [3.63, 3.8) is 0 Å². The molecule has 1 aromatic rings. The Bertz CT molecular complexity index is 378. The Balaban J connectivity index is 3.37. The first-order valence-electron chi connectivity index (χ1n) is 2.98. The van der Waals surface area contributed by atoms with Crippen LogP contribution in [-0.2, 0) is 9.84 Å². The van der Waals surface area contributed by atoms with E-state index in [-0.39, 0.29) is 9.92 Å². The minimum Gasteiger partial charge on any atom is -0.224 e. The van der Waals surface area contributed by atoms with Gasteiger partial charge in [0.15, 0.2) is 9.84 Å². The van der Waals surface area contributed by atoms with E-state index >= 15 is 0 Å². The van der Waals surface area contributed by atoms with Gasteiger partial charge in [-0.15, -0.1) is 0 Å². The molecule has 0 aliphatic carbocycles. The summed E-state index contributed by atoms with van der Waals surface area (Å²) in [5, 5.41) is 0.488. The van der Waals surface area contributed by atoms with Crippen LogP contribution in [0.2, 0.25) is 10.0 Å². The van der Waals surface area contributed by atoms with Crippen LogP contribution in [0, 0.1) is 6.07 Å². The highest BCUT2D eigenvalue weighted by Crippen LogP contribution is 2.21. The number of rotatable bonds is 1. The smallest absolute Gasteiger partial charge is 0.176 e. The highest BCUT2D eigenvalue weighted by molar-refractivity contribution is 7.90. The lowest BCUT2D eigenvalue weighted by molar-refractivity contribution is 0.601. The van der Waals surface area contributed by atoms with Gasteiger partial charge in [-0.2, -0.15) is 0 Å². The van der Waals surface area contributed by atoms with Crippen molar-refractivity contribution in [2.45, 2.75) is 4.90 Å². The summed E-state index contributed by atoms with van der Waals surface area (Å²) < 4.78 is 22.0. The molecule has 0 aliphatic heterocycles. The van der Waals surface area contributed by atoms with Gasteiger partial charge in [-0.1, -0.05) is 23.2 Å². The highest BCUT2D eigenvalue weighted by Gasteiger charge is 2.08. The van der Waals surface area contributed by atoms with E-state index in [1.807, 2.05) is 0 Å². The van der Waals surface area contributed by atoms with E-state index < -0.39 is 9.84 Å². The maximum Gasteiger partial charge on any atom is 0.176 e. The van der Waals surface area contributed by atoms with Gasteiger partial charge in [0.05, 0.1) is 9.92 Å². The Kier molecular flexibility index (Phi) is 2.66. The second-order valence-electron chi connectivity index (χ2n) is 2.28. The zero-order valence-electron chi connectivity index (χ0n) is 6.14. The molecule has 1 radical (unpaired) electrons. The van der Waals surface area contributed by atoms with Crippen LogP contribution in [0.5, 0.6) is 0 Å². The molecule has 0 aliphatic rings. The molecule has 1 rings (SSSR count). The van der Waals surface area contributed by atoms with Crippen molar-refractivity contribution < 1.29 is 8.42 Å². The third-order valence-corrected chi connectivity index (χ3v) is 2.62. The molecule has 0 fully saturated rings. The Morgan fingerprint density at radius 3 is 2.33 bits per heavy atom. The normalized spacial score (nSPS) is 11.6. The summed E-state index contributed by atoms with van der Waals surface area (Å²) in [6.07, 6.45) is 1.07. The van der Waals surface area contributed by atoms with Gasteiger partial charge in [-0.05, 0) is 12.1 Å². The minimum absolute atomic E-state index is 0.0139. The molecule has 0 aromatic heterocycles. The minimum atomic E-state index is -3.27. The zero-order valence-corrected chi connectivity index (χ0v) is 8.46. The van der Waals surface area contributed by atoms with Crippen LogP contribution in [-0.4, -0.2) is 14.7 Å². The SMILES string of the molecule is CS(=O)(=O)c1[c]c(Cl)cc(Cl)c1. The molecule has 0 bridgehead atoms. The zero-order chi connectivity index (χ0) is 9.35.